The Bertz CT molecular complexity index is 687. The number of fused-ring (bicyclic) bond motifs is 1. The van der Waals surface area contributed by atoms with Gasteiger partial charge >= 0.3 is 0 Å². The lowest BCUT2D eigenvalue weighted by Gasteiger charge is -2.11. The van der Waals surface area contributed by atoms with E-state index in [4.69, 9.17) is 0 Å². The minimum absolute atomic E-state index is 0.0174. The minimum Gasteiger partial charge on any atom is -0.353 e. The van der Waals surface area contributed by atoms with E-state index in [1.54, 1.807) is 6.07 Å². The number of amides is 1. The number of thiazole rings is 1. The van der Waals surface area contributed by atoms with Crippen LogP contribution in [0, 0.1) is 10.1 Å². The number of carbonyl (C=O) groups excluding carboxylic acids is 1. The van der Waals surface area contributed by atoms with E-state index in [-0.39, 0.29) is 17.6 Å². The van der Waals surface area contributed by atoms with Gasteiger partial charge in [-0.1, -0.05) is 25.1 Å². The van der Waals surface area contributed by atoms with E-state index in [9.17, 15) is 14.9 Å². The summed E-state index contributed by atoms with van der Waals surface area (Å²) in [5, 5.41) is 13.7. The lowest BCUT2D eigenvalue weighted by molar-refractivity contribution is -0.384. The monoisotopic (exact) mass is 339 g/mol. The number of aromatic nitrogens is 1. The van der Waals surface area contributed by atoms with E-state index in [1.807, 2.05) is 6.92 Å². The smallest absolute Gasteiger partial charge is 0.270 e. The Morgan fingerprint density at radius 3 is 3.00 bits per heavy atom. The number of nitrogens with one attached hydrogen (secondary N) is 1. The molecule has 0 saturated carbocycles. The number of nitrogens with zero attached hydrogens (tertiary/aromatic N) is 2. The third-order valence-corrected chi connectivity index (χ3v) is 5.18. The van der Waals surface area contributed by atoms with E-state index >= 15 is 0 Å². The van der Waals surface area contributed by atoms with Crippen LogP contribution in [-0.2, 0) is 4.79 Å². The van der Waals surface area contributed by atoms with Crippen LogP contribution < -0.4 is 5.32 Å². The minimum atomic E-state index is -0.422. The average molecular weight is 339 g/mol. The molecule has 0 bridgehead atoms. The second-order valence-corrected chi connectivity index (χ2v) is 7.19. The van der Waals surface area contributed by atoms with Gasteiger partial charge in [0.1, 0.15) is 0 Å². The molecule has 0 aliphatic rings. The largest absolute Gasteiger partial charge is 0.353 e. The SMILES string of the molecule is CCCC(C)NC(=O)CSc1nc2ccc([N+](=O)[O-])cc2s1. The van der Waals surface area contributed by atoms with Gasteiger partial charge in [-0.05, 0) is 19.4 Å². The van der Waals surface area contributed by atoms with E-state index in [2.05, 4.69) is 17.2 Å². The van der Waals surface area contributed by atoms with Gasteiger partial charge in [0.05, 0.1) is 20.9 Å². The maximum atomic E-state index is 11.8. The molecule has 1 unspecified atom stereocenters. The number of hydrogen-bond donors (Lipinski definition) is 1. The van der Waals surface area contributed by atoms with Gasteiger partial charge in [-0.15, -0.1) is 11.3 Å². The topological polar surface area (TPSA) is 85.1 Å². The molecule has 0 radical (unpaired) electrons. The highest BCUT2D eigenvalue weighted by molar-refractivity contribution is 8.01. The molecule has 2 aromatic rings. The van der Waals surface area contributed by atoms with Crippen LogP contribution >= 0.6 is 23.1 Å². The highest BCUT2D eigenvalue weighted by Crippen LogP contribution is 2.31. The molecule has 1 aromatic carbocycles. The predicted octanol–water partition coefficient (Wildman–Crippen LogP) is 3.60. The Kier molecular flexibility index (Phi) is 5.73. The lowest BCUT2D eigenvalue weighted by atomic mass is 10.2. The van der Waals surface area contributed by atoms with Crippen LogP contribution in [0.25, 0.3) is 10.2 Å². The molecule has 118 valence electrons. The molecule has 1 aromatic heterocycles. The van der Waals surface area contributed by atoms with Crippen LogP contribution in [0.15, 0.2) is 22.5 Å². The van der Waals surface area contributed by atoms with Crippen molar-refractivity contribution in [3.8, 4) is 0 Å². The fourth-order valence-electron chi connectivity index (χ4n) is 2.02. The Morgan fingerprint density at radius 1 is 1.55 bits per heavy atom. The standard InChI is InChI=1S/C14H17N3O3S2/c1-3-4-9(2)15-13(18)8-21-14-16-11-6-5-10(17(19)20)7-12(11)22-14/h5-7,9H,3-4,8H2,1-2H3,(H,15,18). The molecule has 8 heteroatoms. The quantitative estimate of drug-likeness (QED) is 0.473. The molecule has 1 heterocycles. The zero-order chi connectivity index (χ0) is 16.1. The number of nitro groups is 1. The van der Waals surface area contributed by atoms with E-state index in [0.717, 1.165) is 27.4 Å². The molecule has 0 aliphatic heterocycles. The maximum Gasteiger partial charge on any atom is 0.270 e. The van der Waals surface area contributed by atoms with Crippen LogP contribution in [0.3, 0.4) is 0 Å². The molecule has 22 heavy (non-hydrogen) atoms. The summed E-state index contributed by atoms with van der Waals surface area (Å²) in [6, 6.07) is 4.77. The van der Waals surface area contributed by atoms with Crippen molar-refractivity contribution in [1.82, 2.24) is 10.3 Å². The molecule has 2 rings (SSSR count). The summed E-state index contributed by atoms with van der Waals surface area (Å²) in [5.41, 5.74) is 0.775. The number of rotatable bonds is 7. The summed E-state index contributed by atoms with van der Waals surface area (Å²) in [6.45, 7) is 4.07. The van der Waals surface area contributed by atoms with Crippen LogP contribution in [0.1, 0.15) is 26.7 Å². The molecule has 0 spiro atoms. The first-order chi connectivity index (χ1) is 10.5. The molecule has 1 atom stereocenters. The lowest BCUT2D eigenvalue weighted by Crippen LogP contribution is -2.33. The number of carbonyl (C=O) groups is 1. The fraction of sp³-hybridized carbons (Fsp3) is 0.429. The Labute approximate surface area is 136 Å². The van der Waals surface area contributed by atoms with Crippen molar-refractivity contribution < 1.29 is 9.72 Å². The first-order valence-corrected chi connectivity index (χ1v) is 8.77. The third kappa shape index (κ3) is 4.41. The highest BCUT2D eigenvalue weighted by atomic mass is 32.2. The molecule has 1 N–H and O–H groups in total. The second-order valence-electron chi connectivity index (χ2n) is 4.93. The third-order valence-electron chi connectivity index (χ3n) is 3.02. The number of nitro benzene ring substituents is 1. The Morgan fingerprint density at radius 2 is 2.32 bits per heavy atom. The summed E-state index contributed by atoms with van der Waals surface area (Å²) < 4.78 is 1.50. The van der Waals surface area contributed by atoms with Crippen molar-refractivity contribution in [2.75, 3.05) is 5.75 Å². The van der Waals surface area contributed by atoms with Crippen molar-refractivity contribution in [3.05, 3.63) is 28.3 Å². The molecule has 0 saturated heterocycles. The summed E-state index contributed by atoms with van der Waals surface area (Å²) >= 11 is 2.72. The van der Waals surface area contributed by atoms with Gasteiger partial charge in [-0.25, -0.2) is 4.98 Å². The van der Waals surface area contributed by atoms with Crippen LogP contribution in [-0.4, -0.2) is 27.6 Å². The van der Waals surface area contributed by atoms with Crippen molar-refractivity contribution in [1.29, 1.82) is 0 Å². The number of non-ortho nitro benzene ring substituents is 1. The summed E-state index contributed by atoms with van der Waals surface area (Å²) in [7, 11) is 0. The van der Waals surface area contributed by atoms with E-state index < -0.39 is 4.92 Å². The molecular formula is C14H17N3O3S2. The van der Waals surface area contributed by atoms with Gasteiger partial charge in [-0.2, -0.15) is 0 Å². The van der Waals surface area contributed by atoms with Crippen LogP contribution in [0.5, 0.6) is 0 Å². The summed E-state index contributed by atoms with van der Waals surface area (Å²) in [4.78, 5) is 26.5. The second kappa shape index (κ2) is 7.55. The maximum absolute atomic E-state index is 11.8. The van der Waals surface area contributed by atoms with Gasteiger partial charge in [0.15, 0.2) is 4.34 Å². The highest BCUT2D eigenvalue weighted by Gasteiger charge is 2.12. The molecule has 6 nitrogen and oxygen atoms in total. The van der Waals surface area contributed by atoms with Crippen molar-refractivity contribution in [2.24, 2.45) is 0 Å². The molecule has 0 aliphatic carbocycles. The fourth-order valence-corrected chi connectivity index (χ4v) is 3.93. The van der Waals surface area contributed by atoms with Gasteiger partial charge in [0.25, 0.3) is 5.69 Å². The molecule has 0 fully saturated rings. The number of benzene rings is 1. The molecular weight excluding hydrogens is 322 g/mol. The van der Waals surface area contributed by atoms with Crippen molar-refractivity contribution >= 4 is 44.9 Å². The van der Waals surface area contributed by atoms with Gasteiger partial charge in [-0.3, -0.25) is 14.9 Å². The van der Waals surface area contributed by atoms with E-state index in [0.29, 0.717) is 5.75 Å². The van der Waals surface area contributed by atoms with Crippen LogP contribution in [0.2, 0.25) is 0 Å². The number of hydrogen-bond acceptors (Lipinski definition) is 6. The van der Waals surface area contributed by atoms with Gasteiger partial charge in [0.2, 0.25) is 5.91 Å². The predicted molar refractivity (Wildman–Crippen MR) is 89.5 cm³/mol. The first kappa shape index (κ1) is 16.7. The van der Waals surface area contributed by atoms with E-state index in [1.165, 1.54) is 35.2 Å². The van der Waals surface area contributed by atoms with Crippen molar-refractivity contribution in [3.63, 3.8) is 0 Å². The summed E-state index contributed by atoms with van der Waals surface area (Å²) in [6.07, 6.45) is 1.99. The van der Waals surface area contributed by atoms with Crippen LogP contribution in [0.4, 0.5) is 5.69 Å². The Hall–Kier alpha value is -1.67. The number of thioether (sulfide) groups is 1. The summed E-state index contributed by atoms with van der Waals surface area (Å²) in [5.74, 6) is 0.284. The first-order valence-electron chi connectivity index (χ1n) is 6.96. The normalized spacial score (nSPS) is 12.3. The molecule has 1 amide bonds. The van der Waals surface area contributed by atoms with Gasteiger partial charge < -0.3 is 5.32 Å². The van der Waals surface area contributed by atoms with Gasteiger partial charge in [0, 0.05) is 18.2 Å². The zero-order valence-corrected chi connectivity index (χ0v) is 14.0. The average Bonchev–Trinajstić information content (AvgIpc) is 2.87. The zero-order valence-electron chi connectivity index (χ0n) is 12.4. The Balaban J connectivity index is 1.97. The van der Waals surface area contributed by atoms with Crippen molar-refractivity contribution in [2.45, 2.75) is 37.1 Å².